The quantitative estimate of drug-likeness (QED) is 0.901. The molecule has 0 spiro atoms. The zero-order chi connectivity index (χ0) is 16.9. The second-order valence-corrected chi connectivity index (χ2v) is 6.83. The Morgan fingerprint density at radius 3 is 2.75 bits per heavy atom. The molecule has 1 N–H and O–H groups in total. The van der Waals surface area contributed by atoms with Gasteiger partial charge in [0.2, 0.25) is 0 Å². The lowest BCUT2D eigenvalue weighted by Crippen LogP contribution is -2.37. The van der Waals surface area contributed by atoms with Crippen molar-refractivity contribution in [2.24, 2.45) is 0 Å². The lowest BCUT2D eigenvalue weighted by atomic mass is 10.1. The molecular formula is C18H21FN2O2S. The van der Waals surface area contributed by atoms with E-state index >= 15 is 0 Å². The normalized spacial score (nSPS) is 18.2. The highest BCUT2D eigenvalue weighted by Gasteiger charge is 2.29. The van der Waals surface area contributed by atoms with Crippen molar-refractivity contribution in [2.45, 2.75) is 19.0 Å². The van der Waals surface area contributed by atoms with E-state index in [2.05, 4.69) is 4.90 Å². The summed E-state index contributed by atoms with van der Waals surface area (Å²) in [7, 11) is 0. The molecule has 0 aliphatic carbocycles. The Hall–Kier alpha value is -1.76. The summed E-state index contributed by atoms with van der Waals surface area (Å²) in [4.78, 5) is 15.9. The first-order valence-electron chi connectivity index (χ1n) is 8.10. The number of aliphatic carboxylic acids is 1. The van der Waals surface area contributed by atoms with Crippen LogP contribution in [-0.4, -0.2) is 47.1 Å². The standard InChI is InChI=1S/C18H21FN2O2S/c19-16-5-2-1-4-14(16)12-20-7-3-8-21(10-9-20)17(18(22)23)15-6-11-24-13-15/h1-2,4-6,11,13,17H,3,7-10,12H2,(H,22,23)/t17-/m1/s1. The Kier molecular flexibility index (Phi) is 5.60. The molecular weight excluding hydrogens is 327 g/mol. The summed E-state index contributed by atoms with van der Waals surface area (Å²) in [6, 6.07) is 8.12. The Bertz CT molecular complexity index is 677. The molecule has 2 heterocycles. The maximum atomic E-state index is 13.8. The van der Waals surface area contributed by atoms with Crippen LogP contribution in [0.4, 0.5) is 4.39 Å². The van der Waals surface area contributed by atoms with Crippen LogP contribution in [0, 0.1) is 5.82 Å². The lowest BCUT2D eigenvalue weighted by Gasteiger charge is -2.27. The first-order chi connectivity index (χ1) is 11.6. The molecule has 1 aromatic carbocycles. The van der Waals surface area contributed by atoms with Gasteiger partial charge >= 0.3 is 5.97 Å². The molecule has 0 amide bonds. The average molecular weight is 348 g/mol. The molecule has 128 valence electrons. The summed E-state index contributed by atoms with van der Waals surface area (Å²) < 4.78 is 13.8. The number of hydrogen-bond acceptors (Lipinski definition) is 4. The second kappa shape index (κ2) is 7.88. The van der Waals surface area contributed by atoms with E-state index in [9.17, 15) is 14.3 Å². The largest absolute Gasteiger partial charge is 0.480 e. The van der Waals surface area contributed by atoms with Gasteiger partial charge in [0.25, 0.3) is 0 Å². The van der Waals surface area contributed by atoms with E-state index in [1.807, 2.05) is 33.9 Å². The lowest BCUT2D eigenvalue weighted by molar-refractivity contribution is -0.143. The van der Waals surface area contributed by atoms with Crippen LogP contribution in [0.1, 0.15) is 23.6 Å². The molecule has 4 nitrogen and oxygen atoms in total. The van der Waals surface area contributed by atoms with Gasteiger partial charge in [-0.2, -0.15) is 11.3 Å². The summed E-state index contributed by atoms with van der Waals surface area (Å²) in [5.74, 6) is -0.990. The fourth-order valence-corrected chi connectivity index (χ4v) is 3.89. The second-order valence-electron chi connectivity index (χ2n) is 6.05. The van der Waals surface area contributed by atoms with Crippen LogP contribution in [-0.2, 0) is 11.3 Å². The molecule has 24 heavy (non-hydrogen) atoms. The van der Waals surface area contributed by atoms with E-state index in [4.69, 9.17) is 0 Å². The maximum absolute atomic E-state index is 13.8. The van der Waals surface area contributed by atoms with Crippen LogP contribution in [0.25, 0.3) is 0 Å². The van der Waals surface area contributed by atoms with E-state index in [0.717, 1.165) is 31.6 Å². The van der Waals surface area contributed by atoms with Gasteiger partial charge in [-0.05, 0) is 41.4 Å². The van der Waals surface area contributed by atoms with Crippen molar-refractivity contribution in [3.05, 3.63) is 58.0 Å². The minimum absolute atomic E-state index is 0.180. The molecule has 0 radical (unpaired) electrons. The van der Waals surface area contributed by atoms with Crippen LogP contribution < -0.4 is 0 Å². The molecule has 6 heteroatoms. The molecule has 1 aromatic heterocycles. The van der Waals surface area contributed by atoms with Gasteiger partial charge in [0.15, 0.2) is 0 Å². The SMILES string of the molecule is O=C(O)[C@@H](c1ccsc1)N1CCCN(Cc2ccccc2F)CC1. The van der Waals surface area contributed by atoms with Gasteiger partial charge in [0.05, 0.1) is 0 Å². The van der Waals surface area contributed by atoms with Gasteiger partial charge in [-0.15, -0.1) is 0 Å². The first-order valence-corrected chi connectivity index (χ1v) is 9.04. The van der Waals surface area contributed by atoms with Crippen molar-refractivity contribution >= 4 is 17.3 Å². The van der Waals surface area contributed by atoms with Crippen molar-refractivity contribution in [2.75, 3.05) is 26.2 Å². The van der Waals surface area contributed by atoms with Gasteiger partial charge in [0.1, 0.15) is 11.9 Å². The summed E-state index contributed by atoms with van der Waals surface area (Å²) in [5, 5.41) is 13.4. The molecule has 3 rings (SSSR count). The van der Waals surface area contributed by atoms with E-state index in [1.165, 1.54) is 17.4 Å². The summed E-state index contributed by atoms with van der Waals surface area (Å²) >= 11 is 1.52. The van der Waals surface area contributed by atoms with E-state index in [-0.39, 0.29) is 5.82 Å². The van der Waals surface area contributed by atoms with Crippen molar-refractivity contribution in [3.8, 4) is 0 Å². The molecule has 1 fully saturated rings. The fourth-order valence-electron chi connectivity index (χ4n) is 3.21. The van der Waals surface area contributed by atoms with Gasteiger partial charge in [-0.1, -0.05) is 18.2 Å². The summed E-state index contributed by atoms with van der Waals surface area (Å²) in [5.41, 5.74) is 1.54. The van der Waals surface area contributed by atoms with Crippen LogP contribution in [0.2, 0.25) is 0 Å². The van der Waals surface area contributed by atoms with Crippen molar-refractivity contribution in [1.82, 2.24) is 9.80 Å². The predicted molar refractivity (Wildman–Crippen MR) is 92.6 cm³/mol. The van der Waals surface area contributed by atoms with Crippen molar-refractivity contribution in [1.29, 1.82) is 0 Å². The molecule has 1 atom stereocenters. The van der Waals surface area contributed by atoms with E-state index in [0.29, 0.717) is 18.7 Å². The van der Waals surface area contributed by atoms with Crippen LogP contribution in [0.15, 0.2) is 41.1 Å². The molecule has 0 unspecified atom stereocenters. The molecule has 2 aromatic rings. The Morgan fingerprint density at radius 1 is 1.21 bits per heavy atom. The third-order valence-electron chi connectivity index (χ3n) is 4.43. The third-order valence-corrected chi connectivity index (χ3v) is 5.13. The van der Waals surface area contributed by atoms with Gasteiger partial charge < -0.3 is 5.11 Å². The number of nitrogens with zero attached hydrogens (tertiary/aromatic N) is 2. The van der Waals surface area contributed by atoms with E-state index < -0.39 is 12.0 Å². The smallest absolute Gasteiger partial charge is 0.325 e. The number of rotatable bonds is 5. The third kappa shape index (κ3) is 4.01. The number of carbonyl (C=O) groups is 1. The zero-order valence-corrected chi connectivity index (χ0v) is 14.2. The number of hydrogen-bond donors (Lipinski definition) is 1. The van der Waals surface area contributed by atoms with Crippen LogP contribution in [0.3, 0.4) is 0 Å². The Balaban J connectivity index is 1.66. The molecule has 0 saturated carbocycles. The number of carboxylic acid groups (broad SMARTS) is 1. The molecule has 1 aliphatic rings. The number of benzene rings is 1. The summed E-state index contributed by atoms with van der Waals surface area (Å²) in [6.07, 6.45) is 0.877. The fraction of sp³-hybridized carbons (Fsp3) is 0.389. The van der Waals surface area contributed by atoms with Gasteiger partial charge in [-0.25, -0.2) is 4.39 Å². The van der Waals surface area contributed by atoms with Crippen LogP contribution in [0.5, 0.6) is 0 Å². The molecule has 1 saturated heterocycles. The highest BCUT2D eigenvalue weighted by molar-refractivity contribution is 7.08. The van der Waals surface area contributed by atoms with Crippen LogP contribution >= 0.6 is 11.3 Å². The first kappa shape index (κ1) is 17.1. The zero-order valence-electron chi connectivity index (χ0n) is 13.4. The molecule has 1 aliphatic heterocycles. The van der Waals surface area contributed by atoms with Crippen molar-refractivity contribution in [3.63, 3.8) is 0 Å². The maximum Gasteiger partial charge on any atom is 0.325 e. The highest BCUT2D eigenvalue weighted by atomic mass is 32.1. The Morgan fingerprint density at radius 2 is 2.04 bits per heavy atom. The minimum atomic E-state index is -0.809. The monoisotopic (exact) mass is 348 g/mol. The van der Waals surface area contributed by atoms with Gasteiger partial charge in [0, 0.05) is 31.7 Å². The topological polar surface area (TPSA) is 43.8 Å². The number of halogens is 1. The van der Waals surface area contributed by atoms with E-state index in [1.54, 1.807) is 6.07 Å². The Labute approximate surface area is 145 Å². The average Bonchev–Trinajstić information content (AvgIpc) is 2.97. The highest BCUT2D eigenvalue weighted by Crippen LogP contribution is 2.25. The minimum Gasteiger partial charge on any atom is -0.480 e. The number of thiophene rings is 1. The number of carboxylic acids is 1. The predicted octanol–water partition coefficient (Wildman–Crippen LogP) is 3.22. The van der Waals surface area contributed by atoms with Crippen molar-refractivity contribution < 1.29 is 14.3 Å². The summed E-state index contributed by atoms with van der Waals surface area (Å²) in [6.45, 7) is 3.56. The molecule has 0 bridgehead atoms. The van der Waals surface area contributed by atoms with Gasteiger partial charge in [-0.3, -0.25) is 14.6 Å².